The van der Waals surface area contributed by atoms with Gasteiger partial charge < -0.3 is 4.55 Å². The summed E-state index contributed by atoms with van der Waals surface area (Å²) in [4.78, 5) is 24.6. The summed E-state index contributed by atoms with van der Waals surface area (Å²) in [6.07, 6.45) is 6.74. The number of carbonyl (C=O) groups is 1. The van der Waals surface area contributed by atoms with E-state index in [1.807, 2.05) is 13.0 Å². The quantitative estimate of drug-likeness (QED) is 0.404. The van der Waals surface area contributed by atoms with Crippen LogP contribution in [0.1, 0.15) is 37.2 Å². The van der Waals surface area contributed by atoms with Crippen LogP contribution < -0.4 is 0 Å². The first-order valence-electron chi connectivity index (χ1n) is 9.63. The number of carbonyl (C=O) groups excluding carboxylic acids is 1. The molecular formula is C21H22FN4O3S2-. The van der Waals surface area contributed by atoms with Gasteiger partial charge in [-0.25, -0.2) is 18.7 Å². The second-order valence-electron chi connectivity index (χ2n) is 7.23. The highest BCUT2D eigenvalue weighted by atomic mass is 32.2. The Labute approximate surface area is 186 Å². The van der Waals surface area contributed by atoms with Gasteiger partial charge in [0, 0.05) is 42.2 Å². The monoisotopic (exact) mass is 461 g/mol. The van der Waals surface area contributed by atoms with E-state index in [1.165, 1.54) is 41.5 Å². The average molecular weight is 462 g/mol. The molecule has 2 atom stereocenters. The van der Waals surface area contributed by atoms with Crippen molar-refractivity contribution in [3.63, 3.8) is 0 Å². The normalized spacial score (nSPS) is 15.2. The molecule has 4 rings (SSSR count). The molecule has 0 radical (unpaired) electrons. The molecule has 0 aromatic carbocycles. The molecule has 1 aliphatic carbocycles. The maximum Gasteiger partial charge on any atom is 0.178 e. The van der Waals surface area contributed by atoms with Crippen molar-refractivity contribution < 1.29 is 17.9 Å². The van der Waals surface area contributed by atoms with Crippen LogP contribution in [0, 0.1) is 11.7 Å². The molecule has 1 aliphatic rings. The topological polar surface area (TPSA) is 99.1 Å². The Balaban J connectivity index is 0.000000229. The summed E-state index contributed by atoms with van der Waals surface area (Å²) in [5, 5.41) is 0.659. The van der Waals surface area contributed by atoms with Crippen LogP contribution >= 0.6 is 11.3 Å². The summed E-state index contributed by atoms with van der Waals surface area (Å²) < 4.78 is 35.4. The number of hydrogen-bond donors (Lipinski definition) is 0. The molecule has 0 amide bonds. The lowest BCUT2D eigenvalue weighted by molar-refractivity contribution is 0.101. The Hall–Kier alpha value is -2.40. The Morgan fingerprint density at radius 2 is 2.06 bits per heavy atom. The molecule has 0 aliphatic heterocycles. The fraction of sp³-hybridized carbons (Fsp3) is 0.333. The predicted octanol–water partition coefficient (Wildman–Crippen LogP) is 4.12. The van der Waals surface area contributed by atoms with Crippen LogP contribution in [-0.2, 0) is 11.3 Å². The summed E-state index contributed by atoms with van der Waals surface area (Å²) in [5.74, 6) is 0.125. The fourth-order valence-corrected chi connectivity index (χ4v) is 4.14. The van der Waals surface area contributed by atoms with Crippen molar-refractivity contribution in [1.82, 2.24) is 19.3 Å². The molecule has 1 fully saturated rings. The van der Waals surface area contributed by atoms with Crippen molar-refractivity contribution in [2.75, 3.05) is 7.05 Å². The molecule has 0 N–H and O–H groups in total. The van der Waals surface area contributed by atoms with Crippen molar-refractivity contribution in [1.29, 1.82) is 0 Å². The number of Topliss-reactive ketones (excluding diaryl/α,β-unsaturated/α-hetero) is 1. The van der Waals surface area contributed by atoms with E-state index in [9.17, 15) is 17.9 Å². The van der Waals surface area contributed by atoms with E-state index in [0.717, 1.165) is 11.1 Å². The lowest BCUT2D eigenvalue weighted by Crippen LogP contribution is -2.32. The molecule has 31 heavy (non-hydrogen) atoms. The number of halogens is 1. The lowest BCUT2D eigenvalue weighted by Gasteiger charge is -2.25. The van der Waals surface area contributed by atoms with E-state index < -0.39 is 17.1 Å². The van der Waals surface area contributed by atoms with E-state index in [4.69, 9.17) is 0 Å². The SMILES string of the molecule is CC(=O)c1cccc(-c2cnc(-c3cncc(F)c3)s2)n1.CC(C1CC1)N(C)S(=O)[O-]. The third-order valence-electron chi connectivity index (χ3n) is 4.93. The molecular weight excluding hydrogens is 439 g/mol. The van der Waals surface area contributed by atoms with Crippen LogP contribution in [-0.4, -0.2) is 46.9 Å². The van der Waals surface area contributed by atoms with Crippen molar-refractivity contribution in [2.24, 2.45) is 5.92 Å². The van der Waals surface area contributed by atoms with E-state index in [2.05, 4.69) is 15.0 Å². The van der Waals surface area contributed by atoms with E-state index in [0.29, 0.717) is 27.9 Å². The molecule has 164 valence electrons. The zero-order valence-corrected chi connectivity index (χ0v) is 19.0. The van der Waals surface area contributed by atoms with Crippen LogP contribution in [0.4, 0.5) is 4.39 Å². The van der Waals surface area contributed by atoms with E-state index in [-0.39, 0.29) is 11.8 Å². The number of nitrogens with zero attached hydrogens (tertiary/aromatic N) is 4. The molecule has 0 bridgehead atoms. The molecule has 3 aromatic rings. The molecule has 10 heteroatoms. The van der Waals surface area contributed by atoms with Crippen molar-refractivity contribution in [3.05, 3.63) is 54.4 Å². The van der Waals surface area contributed by atoms with Crippen LogP contribution in [0.25, 0.3) is 21.1 Å². The number of ketones is 1. The van der Waals surface area contributed by atoms with Crippen LogP contribution in [0.15, 0.2) is 42.9 Å². The third kappa shape index (κ3) is 6.30. The van der Waals surface area contributed by atoms with Gasteiger partial charge in [0.25, 0.3) is 0 Å². The zero-order valence-electron chi connectivity index (χ0n) is 17.3. The van der Waals surface area contributed by atoms with Gasteiger partial charge in [0.05, 0.1) is 16.8 Å². The summed E-state index contributed by atoms with van der Waals surface area (Å²) in [6.45, 7) is 3.43. The Morgan fingerprint density at radius 3 is 2.68 bits per heavy atom. The molecule has 1 saturated carbocycles. The average Bonchev–Trinajstić information content (AvgIpc) is 3.49. The maximum absolute atomic E-state index is 13.2. The van der Waals surface area contributed by atoms with Gasteiger partial charge >= 0.3 is 0 Å². The first-order chi connectivity index (χ1) is 14.8. The van der Waals surface area contributed by atoms with Crippen molar-refractivity contribution in [3.8, 4) is 21.1 Å². The Kier molecular flexibility index (Phi) is 7.71. The zero-order chi connectivity index (χ0) is 22.5. The second kappa shape index (κ2) is 10.3. The van der Waals surface area contributed by atoms with Gasteiger partial charge in [-0.05, 0) is 50.9 Å². The highest BCUT2D eigenvalue weighted by Crippen LogP contribution is 2.34. The van der Waals surface area contributed by atoms with Crippen molar-refractivity contribution in [2.45, 2.75) is 32.7 Å². The Morgan fingerprint density at radius 1 is 1.32 bits per heavy atom. The van der Waals surface area contributed by atoms with Crippen LogP contribution in [0.2, 0.25) is 0 Å². The second-order valence-corrected chi connectivity index (χ2v) is 9.27. The molecule has 3 heterocycles. The first-order valence-corrected chi connectivity index (χ1v) is 11.5. The van der Waals surface area contributed by atoms with Gasteiger partial charge in [0.1, 0.15) is 16.5 Å². The van der Waals surface area contributed by atoms with Gasteiger partial charge in [-0.2, -0.15) is 0 Å². The molecule has 7 nitrogen and oxygen atoms in total. The maximum atomic E-state index is 13.2. The highest BCUT2D eigenvalue weighted by Gasteiger charge is 2.30. The minimum absolute atomic E-state index is 0.0871. The highest BCUT2D eigenvalue weighted by molar-refractivity contribution is 7.76. The number of rotatable bonds is 6. The van der Waals surface area contributed by atoms with Gasteiger partial charge in [-0.1, -0.05) is 6.07 Å². The largest absolute Gasteiger partial charge is 0.760 e. The van der Waals surface area contributed by atoms with Crippen LogP contribution in [0.5, 0.6) is 0 Å². The number of hydrogen-bond acceptors (Lipinski definition) is 7. The van der Waals surface area contributed by atoms with Crippen LogP contribution in [0.3, 0.4) is 0 Å². The van der Waals surface area contributed by atoms with Crippen molar-refractivity contribution >= 4 is 28.4 Å². The molecule has 0 saturated heterocycles. The predicted molar refractivity (Wildman–Crippen MR) is 117 cm³/mol. The van der Waals surface area contributed by atoms with Gasteiger partial charge in [0.15, 0.2) is 5.78 Å². The fourth-order valence-electron chi connectivity index (χ4n) is 2.83. The van der Waals surface area contributed by atoms with E-state index >= 15 is 0 Å². The minimum Gasteiger partial charge on any atom is -0.760 e. The standard InChI is InChI=1S/C15H10FN3OS.C6H13NO2S/c1-9(20)12-3-2-4-13(19-12)14-8-18-15(21-14)10-5-11(16)7-17-6-10;1-5(6-3-4-6)7(2)10(8)9/h2-8H,1H3;5-6H,3-4H2,1-2H3,(H,8,9)/p-1. The third-order valence-corrected chi connectivity index (χ3v) is 6.80. The van der Waals surface area contributed by atoms with Gasteiger partial charge in [-0.3, -0.25) is 14.0 Å². The molecule has 2 unspecified atom stereocenters. The first kappa shape index (κ1) is 23.3. The summed E-state index contributed by atoms with van der Waals surface area (Å²) in [7, 11) is 1.62. The molecule has 3 aromatic heterocycles. The molecule has 0 spiro atoms. The smallest absolute Gasteiger partial charge is 0.178 e. The minimum atomic E-state index is -2.04. The van der Waals surface area contributed by atoms with Gasteiger partial charge in [-0.15, -0.1) is 11.3 Å². The Bertz CT molecular complexity index is 1090. The lowest BCUT2D eigenvalue weighted by atomic mass is 10.2. The van der Waals surface area contributed by atoms with Gasteiger partial charge in [0.2, 0.25) is 0 Å². The number of pyridine rings is 2. The van der Waals surface area contributed by atoms with E-state index in [1.54, 1.807) is 31.6 Å². The number of thiazole rings is 1. The summed E-state index contributed by atoms with van der Waals surface area (Å²) >= 11 is -0.661. The summed E-state index contributed by atoms with van der Waals surface area (Å²) in [6, 6.07) is 6.84. The number of aromatic nitrogens is 3. The summed E-state index contributed by atoms with van der Waals surface area (Å²) in [5.41, 5.74) is 1.71.